The number of ketones is 1. The predicted octanol–water partition coefficient (Wildman–Crippen LogP) is -2.40. The molecule has 0 rings (SSSR count). The van der Waals surface area contributed by atoms with Gasteiger partial charge in [-0.25, -0.2) is 0 Å². The average molecular weight is 170 g/mol. The third kappa shape index (κ3) is 22.8. The molecule has 0 unspecified atom stereocenters. The number of Topliss-reactive ketones (excluding diaryl/α,β-unsaturated/α-hetero) is 1. The molecule has 0 aliphatic rings. The molecular weight excluding hydrogens is 155 g/mol. The molecule has 0 aromatic carbocycles. The molecule has 0 saturated carbocycles. The molecule has 56 valence electrons. The van der Waals surface area contributed by atoms with E-state index in [1.807, 2.05) is 13.8 Å². The van der Waals surface area contributed by atoms with E-state index < -0.39 is 0 Å². The van der Waals surface area contributed by atoms with Crippen LogP contribution in [0.1, 0.15) is 27.2 Å². The second-order valence-corrected chi connectivity index (χ2v) is 2.30. The zero-order valence-corrected chi connectivity index (χ0v) is 10.7. The zero-order chi connectivity index (χ0) is 7.86. The van der Waals surface area contributed by atoms with Gasteiger partial charge in [0.1, 0.15) is 5.78 Å². The van der Waals surface area contributed by atoms with E-state index in [1.165, 1.54) is 0 Å². The van der Waals surface area contributed by atoms with Gasteiger partial charge in [0.2, 0.25) is 0 Å². The molecule has 0 fully saturated rings. The average Bonchev–Trinajstić information content (AvgIpc) is 1.68. The first-order valence-electron chi connectivity index (χ1n) is 3.03. The van der Waals surface area contributed by atoms with E-state index in [0.717, 1.165) is 13.5 Å². The fourth-order valence-corrected chi connectivity index (χ4v) is 0.575. The topological polar surface area (TPSA) is 40.1 Å². The summed E-state index contributed by atoms with van der Waals surface area (Å²) < 4.78 is 0. The van der Waals surface area contributed by atoms with Gasteiger partial charge >= 0.3 is 51.4 Å². The fourth-order valence-electron chi connectivity index (χ4n) is 0.575. The summed E-state index contributed by atoms with van der Waals surface area (Å²) in [4.78, 5) is 10.3. The Hall–Kier alpha value is 1.27. The monoisotopic (exact) mass is 170 g/mol. The van der Waals surface area contributed by atoms with Gasteiger partial charge in [0.15, 0.2) is 0 Å². The Bertz CT molecular complexity index is 72.0. The Labute approximate surface area is 106 Å². The van der Waals surface area contributed by atoms with Crippen molar-refractivity contribution in [2.75, 3.05) is 7.11 Å². The van der Waals surface area contributed by atoms with Crippen molar-refractivity contribution in [2.45, 2.75) is 27.2 Å². The predicted molar refractivity (Wildman–Crippen MR) is 36.1 cm³/mol. The zero-order valence-electron chi connectivity index (χ0n) is 7.60. The molecule has 0 aromatic heterocycles. The van der Waals surface area contributed by atoms with Crippen LogP contribution in [-0.2, 0) is 4.79 Å². The van der Waals surface area contributed by atoms with Crippen LogP contribution in [0.2, 0.25) is 0 Å². The Morgan fingerprint density at radius 1 is 1.40 bits per heavy atom. The number of rotatable bonds is 2. The van der Waals surface area contributed by atoms with Gasteiger partial charge < -0.3 is 9.90 Å². The standard InChI is InChI=1S/C6H12O.CH3O.K/c1-5(2)4-6(3)7;1-2;/h5H,4H2,1-3H3;1H3;/q;-1;+1. The van der Waals surface area contributed by atoms with E-state index >= 15 is 0 Å². The van der Waals surface area contributed by atoms with Crippen molar-refractivity contribution in [2.24, 2.45) is 5.92 Å². The molecule has 2 nitrogen and oxygen atoms in total. The van der Waals surface area contributed by atoms with Gasteiger partial charge in [-0.2, -0.15) is 7.11 Å². The Morgan fingerprint density at radius 3 is 1.70 bits per heavy atom. The maximum absolute atomic E-state index is 10.3. The summed E-state index contributed by atoms with van der Waals surface area (Å²) in [5.41, 5.74) is 0. The van der Waals surface area contributed by atoms with Crippen molar-refractivity contribution in [3.63, 3.8) is 0 Å². The van der Waals surface area contributed by atoms with Crippen LogP contribution < -0.4 is 56.5 Å². The van der Waals surface area contributed by atoms with Gasteiger partial charge in [0.25, 0.3) is 0 Å². The SMILES string of the molecule is CC(=O)CC(C)C.C[O-].[K+]. The van der Waals surface area contributed by atoms with E-state index in [-0.39, 0.29) is 57.2 Å². The van der Waals surface area contributed by atoms with E-state index in [4.69, 9.17) is 5.11 Å². The van der Waals surface area contributed by atoms with Crippen LogP contribution in [0.25, 0.3) is 0 Å². The minimum absolute atomic E-state index is 0. The molecule has 0 amide bonds. The smallest absolute Gasteiger partial charge is 0.857 e. The molecule has 0 bridgehead atoms. The molecule has 0 saturated heterocycles. The maximum Gasteiger partial charge on any atom is 1.00 e. The molecule has 0 heterocycles. The number of carbonyl (C=O) groups is 1. The largest absolute Gasteiger partial charge is 1.00 e. The van der Waals surface area contributed by atoms with Crippen LogP contribution in [0.15, 0.2) is 0 Å². The van der Waals surface area contributed by atoms with Crippen molar-refractivity contribution in [1.29, 1.82) is 0 Å². The minimum Gasteiger partial charge on any atom is -0.857 e. The van der Waals surface area contributed by atoms with Crippen LogP contribution in [-0.4, -0.2) is 12.9 Å². The third-order valence-corrected chi connectivity index (χ3v) is 0.696. The second-order valence-electron chi connectivity index (χ2n) is 2.30. The van der Waals surface area contributed by atoms with Gasteiger partial charge in [-0.05, 0) is 12.8 Å². The minimum atomic E-state index is 0. The van der Waals surface area contributed by atoms with Crippen LogP contribution in [0.5, 0.6) is 0 Å². The molecule has 10 heavy (non-hydrogen) atoms. The van der Waals surface area contributed by atoms with E-state index in [0.29, 0.717) is 5.92 Å². The van der Waals surface area contributed by atoms with Gasteiger partial charge in [0, 0.05) is 6.42 Å². The summed E-state index contributed by atoms with van der Waals surface area (Å²) in [5.74, 6) is 0.813. The van der Waals surface area contributed by atoms with E-state index in [1.54, 1.807) is 6.92 Å². The van der Waals surface area contributed by atoms with Gasteiger partial charge in [-0.15, -0.1) is 0 Å². The molecule has 0 aromatic rings. The first-order valence-corrected chi connectivity index (χ1v) is 3.03. The van der Waals surface area contributed by atoms with Gasteiger partial charge in [-0.1, -0.05) is 13.8 Å². The number of carbonyl (C=O) groups excluding carboxylic acids is 1. The summed E-state index contributed by atoms with van der Waals surface area (Å²) >= 11 is 0. The molecule has 0 radical (unpaired) electrons. The van der Waals surface area contributed by atoms with E-state index in [9.17, 15) is 4.79 Å². The summed E-state index contributed by atoms with van der Waals surface area (Å²) in [6.45, 7) is 5.71. The summed E-state index contributed by atoms with van der Waals surface area (Å²) in [7, 11) is 0.750. The van der Waals surface area contributed by atoms with Crippen LogP contribution >= 0.6 is 0 Å². The Balaban J connectivity index is -0.000000149. The molecule has 0 aliphatic carbocycles. The van der Waals surface area contributed by atoms with Crippen molar-refractivity contribution >= 4 is 5.78 Å². The molecule has 0 spiro atoms. The first kappa shape index (κ1) is 17.4. The van der Waals surface area contributed by atoms with E-state index in [2.05, 4.69) is 0 Å². The summed E-state index contributed by atoms with van der Waals surface area (Å²) in [6.07, 6.45) is 0.722. The third-order valence-electron chi connectivity index (χ3n) is 0.696. The van der Waals surface area contributed by atoms with Crippen molar-refractivity contribution in [1.82, 2.24) is 0 Å². The molecule has 0 aliphatic heterocycles. The number of hydrogen-bond acceptors (Lipinski definition) is 2. The molecule has 3 heteroatoms. The fraction of sp³-hybridized carbons (Fsp3) is 0.857. The van der Waals surface area contributed by atoms with Gasteiger partial charge in [-0.3, -0.25) is 0 Å². The van der Waals surface area contributed by atoms with Crippen LogP contribution in [0.3, 0.4) is 0 Å². The van der Waals surface area contributed by atoms with Crippen molar-refractivity contribution < 1.29 is 61.3 Å². The molecular formula is C7H15KO2. The normalized spacial score (nSPS) is 7.40. The Morgan fingerprint density at radius 2 is 1.70 bits per heavy atom. The van der Waals surface area contributed by atoms with Crippen LogP contribution in [0, 0.1) is 5.92 Å². The van der Waals surface area contributed by atoms with Gasteiger partial charge in [0.05, 0.1) is 0 Å². The summed E-state index contributed by atoms with van der Waals surface area (Å²) in [6, 6.07) is 0. The molecule has 0 atom stereocenters. The maximum atomic E-state index is 10.3. The molecule has 0 N–H and O–H groups in total. The van der Waals surface area contributed by atoms with Crippen LogP contribution in [0.4, 0.5) is 0 Å². The second kappa shape index (κ2) is 12.9. The van der Waals surface area contributed by atoms with Crippen molar-refractivity contribution in [3.05, 3.63) is 0 Å². The first-order chi connectivity index (χ1) is 4.13. The number of hydrogen-bond donors (Lipinski definition) is 0. The quantitative estimate of drug-likeness (QED) is 0.434. The van der Waals surface area contributed by atoms with Crippen molar-refractivity contribution in [3.8, 4) is 0 Å². The Kier molecular flexibility index (Phi) is 22.4. The summed E-state index contributed by atoms with van der Waals surface area (Å²) in [5, 5.41) is 8.25.